The molecule has 11 heteroatoms. The van der Waals surface area contributed by atoms with Crippen molar-refractivity contribution < 1.29 is 14.5 Å². The Hall–Kier alpha value is -3.99. The Labute approximate surface area is 168 Å². The fraction of sp³-hybridized carbons (Fsp3) is 0.0556. The number of amides is 2. The zero-order valence-electron chi connectivity index (χ0n) is 14.8. The van der Waals surface area contributed by atoms with Crippen molar-refractivity contribution in [1.29, 1.82) is 0 Å². The minimum Gasteiger partial charge on any atom is -0.296 e. The van der Waals surface area contributed by atoms with Gasteiger partial charge in [-0.15, -0.1) is 10.2 Å². The quantitative estimate of drug-likeness (QED) is 0.348. The molecule has 146 valence electrons. The van der Waals surface area contributed by atoms with Gasteiger partial charge in [0.25, 0.3) is 11.6 Å². The molecule has 0 fully saturated rings. The van der Waals surface area contributed by atoms with Crippen LogP contribution in [0, 0.1) is 10.1 Å². The zero-order valence-corrected chi connectivity index (χ0v) is 15.6. The van der Waals surface area contributed by atoms with Crippen LogP contribution in [0.15, 0.2) is 59.7 Å². The summed E-state index contributed by atoms with van der Waals surface area (Å²) in [7, 11) is 0. The Morgan fingerprint density at radius 3 is 2.69 bits per heavy atom. The van der Waals surface area contributed by atoms with Crippen molar-refractivity contribution in [1.82, 2.24) is 15.6 Å². The van der Waals surface area contributed by atoms with Crippen molar-refractivity contribution in [3.05, 3.63) is 80.8 Å². The van der Waals surface area contributed by atoms with Gasteiger partial charge in [-0.1, -0.05) is 41.7 Å². The fourth-order valence-electron chi connectivity index (χ4n) is 2.21. The van der Waals surface area contributed by atoms with Crippen LogP contribution in [0.25, 0.3) is 0 Å². The molecule has 0 spiro atoms. The summed E-state index contributed by atoms with van der Waals surface area (Å²) in [6.07, 6.45) is 1.22. The number of non-ortho nitro benzene ring substituents is 1. The van der Waals surface area contributed by atoms with E-state index in [9.17, 15) is 19.7 Å². The first kappa shape index (κ1) is 19.8. The van der Waals surface area contributed by atoms with Gasteiger partial charge in [-0.05, 0) is 12.1 Å². The molecule has 0 atom stereocenters. The van der Waals surface area contributed by atoms with Gasteiger partial charge < -0.3 is 0 Å². The van der Waals surface area contributed by atoms with Crippen molar-refractivity contribution in [2.45, 2.75) is 6.42 Å². The highest BCUT2D eigenvalue weighted by molar-refractivity contribution is 7.15. The van der Waals surface area contributed by atoms with Crippen LogP contribution in [0.4, 0.5) is 10.8 Å². The van der Waals surface area contributed by atoms with Crippen LogP contribution in [0.2, 0.25) is 0 Å². The average molecular weight is 410 g/mol. The summed E-state index contributed by atoms with van der Waals surface area (Å²) in [5.41, 5.74) is 3.20. The molecule has 0 unspecified atom stereocenters. The number of rotatable bonds is 7. The lowest BCUT2D eigenvalue weighted by Crippen LogP contribution is -2.19. The van der Waals surface area contributed by atoms with E-state index >= 15 is 0 Å². The molecule has 0 aliphatic carbocycles. The molecule has 1 heterocycles. The second-order valence-corrected chi connectivity index (χ2v) is 6.71. The molecule has 2 amide bonds. The highest BCUT2D eigenvalue weighted by Gasteiger charge is 2.12. The molecule has 0 saturated carbocycles. The molecule has 2 N–H and O–H groups in total. The fourth-order valence-corrected chi connectivity index (χ4v) is 2.94. The number of hydrogen-bond donors (Lipinski definition) is 2. The molecule has 3 aromatic rings. The number of hydrazone groups is 1. The second-order valence-electron chi connectivity index (χ2n) is 5.64. The van der Waals surface area contributed by atoms with Crippen LogP contribution in [-0.2, 0) is 11.2 Å². The highest BCUT2D eigenvalue weighted by atomic mass is 32.1. The first-order valence-electron chi connectivity index (χ1n) is 8.26. The molecular weight excluding hydrogens is 396 g/mol. The maximum Gasteiger partial charge on any atom is 0.270 e. The molecular formula is C18H14N6O4S. The molecule has 0 aliphatic rings. The van der Waals surface area contributed by atoms with E-state index in [0.717, 1.165) is 11.3 Å². The van der Waals surface area contributed by atoms with Crippen LogP contribution in [0.1, 0.15) is 20.9 Å². The van der Waals surface area contributed by atoms with E-state index in [1.165, 1.54) is 24.4 Å². The van der Waals surface area contributed by atoms with Crippen molar-refractivity contribution in [3.63, 3.8) is 0 Å². The largest absolute Gasteiger partial charge is 0.296 e. The summed E-state index contributed by atoms with van der Waals surface area (Å²) in [6, 6.07) is 14.5. The minimum atomic E-state index is -0.514. The van der Waals surface area contributed by atoms with Crippen molar-refractivity contribution >= 4 is 40.2 Å². The summed E-state index contributed by atoms with van der Waals surface area (Å²) in [4.78, 5) is 34.3. The Morgan fingerprint density at radius 1 is 1.14 bits per heavy atom. The van der Waals surface area contributed by atoms with E-state index in [1.54, 1.807) is 36.4 Å². The SMILES string of the molecule is O=C(Cc1nnc(NC(=O)c2ccccc2)s1)N/N=C\c1cccc([N+](=O)[O-])c1. The van der Waals surface area contributed by atoms with Crippen molar-refractivity contribution in [3.8, 4) is 0 Å². The van der Waals surface area contributed by atoms with Crippen LogP contribution in [0.3, 0.4) is 0 Å². The van der Waals surface area contributed by atoms with Gasteiger partial charge in [0.1, 0.15) is 5.01 Å². The van der Waals surface area contributed by atoms with Gasteiger partial charge in [-0.3, -0.25) is 25.0 Å². The number of nitrogens with zero attached hydrogens (tertiary/aromatic N) is 4. The van der Waals surface area contributed by atoms with Crippen LogP contribution in [0.5, 0.6) is 0 Å². The Balaban J connectivity index is 1.52. The van der Waals surface area contributed by atoms with E-state index in [0.29, 0.717) is 16.1 Å². The third kappa shape index (κ3) is 5.74. The van der Waals surface area contributed by atoms with Crippen LogP contribution in [-0.4, -0.2) is 33.1 Å². The van der Waals surface area contributed by atoms with Gasteiger partial charge in [0.15, 0.2) is 0 Å². The first-order chi connectivity index (χ1) is 14.0. The van der Waals surface area contributed by atoms with Gasteiger partial charge in [-0.25, -0.2) is 5.43 Å². The van der Waals surface area contributed by atoms with Crippen LogP contribution < -0.4 is 10.7 Å². The van der Waals surface area contributed by atoms with Gasteiger partial charge >= 0.3 is 0 Å². The maximum absolute atomic E-state index is 12.1. The molecule has 0 saturated heterocycles. The third-order valence-corrected chi connectivity index (χ3v) is 4.36. The first-order valence-corrected chi connectivity index (χ1v) is 9.08. The maximum atomic E-state index is 12.1. The second kappa shape index (κ2) is 9.28. The van der Waals surface area contributed by atoms with Gasteiger partial charge in [0, 0.05) is 23.3 Å². The number of carbonyl (C=O) groups is 2. The third-order valence-electron chi connectivity index (χ3n) is 3.52. The Kier molecular flexibility index (Phi) is 6.32. The monoisotopic (exact) mass is 410 g/mol. The normalized spacial score (nSPS) is 10.6. The topological polar surface area (TPSA) is 139 Å². The van der Waals surface area contributed by atoms with Gasteiger partial charge in [-0.2, -0.15) is 5.10 Å². The molecule has 1 aromatic heterocycles. The molecule has 0 radical (unpaired) electrons. The number of aromatic nitrogens is 2. The lowest BCUT2D eigenvalue weighted by atomic mass is 10.2. The molecule has 29 heavy (non-hydrogen) atoms. The number of hydrogen-bond acceptors (Lipinski definition) is 8. The number of nitrogens with one attached hydrogen (secondary N) is 2. The number of anilines is 1. The predicted molar refractivity (Wildman–Crippen MR) is 107 cm³/mol. The summed E-state index contributed by atoms with van der Waals surface area (Å²) in [5, 5.41) is 25.5. The predicted octanol–water partition coefficient (Wildman–Crippen LogP) is 2.39. The summed E-state index contributed by atoms with van der Waals surface area (Å²) in [5.74, 6) is -0.761. The standard InChI is InChI=1S/C18H14N6O4S/c25-15(21-19-11-12-5-4-8-14(9-12)24(27)28)10-16-22-23-18(29-16)20-17(26)13-6-2-1-3-7-13/h1-9,11H,10H2,(H,21,25)(H,20,23,26)/b19-11-. The highest BCUT2D eigenvalue weighted by Crippen LogP contribution is 2.17. The smallest absolute Gasteiger partial charge is 0.270 e. The van der Waals surface area contributed by atoms with E-state index in [-0.39, 0.29) is 23.1 Å². The van der Waals surface area contributed by atoms with E-state index in [1.807, 2.05) is 0 Å². The van der Waals surface area contributed by atoms with Crippen LogP contribution >= 0.6 is 11.3 Å². The number of nitro benzene ring substituents is 1. The van der Waals surface area contributed by atoms with E-state index in [2.05, 4.69) is 26.0 Å². The zero-order chi connectivity index (χ0) is 20.6. The van der Waals surface area contributed by atoms with Crippen molar-refractivity contribution in [2.24, 2.45) is 5.10 Å². The molecule has 0 aliphatic heterocycles. The van der Waals surface area contributed by atoms with E-state index in [4.69, 9.17) is 0 Å². The Bertz CT molecular complexity index is 1070. The average Bonchev–Trinajstić information content (AvgIpc) is 3.15. The molecule has 10 nitrogen and oxygen atoms in total. The molecule has 2 aromatic carbocycles. The summed E-state index contributed by atoms with van der Waals surface area (Å²) >= 11 is 1.08. The summed E-state index contributed by atoms with van der Waals surface area (Å²) < 4.78 is 0. The number of benzene rings is 2. The number of nitro groups is 1. The van der Waals surface area contributed by atoms with Gasteiger partial charge in [0.2, 0.25) is 11.0 Å². The Morgan fingerprint density at radius 2 is 1.93 bits per heavy atom. The molecule has 0 bridgehead atoms. The van der Waals surface area contributed by atoms with Gasteiger partial charge in [0.05, 0.1) is 17.6 Å². The lowest BCUT2D eigenvalue weighted by Gasteiger charge is -1.99. The number of carbonyl (C=O) groups excluding carboxylic acids is 2. The summed E-state index contributed by atoms with van der Waals surface area (Å²) in [6.45, 7) is 0. The molecule has 3 rings (SSSR count). The minimum absolute atomic E-state index is 0.0702. The van der Waals surface area contributed by atoms with Crippen molar-refractivity contribution in [2.75, 3.05) is 5.32 Å². The van der Waals surface area contributed by atoms with E-state index < -0.39 is 10.8 Å². The lowest BCUT2D eigenvalue weighted by molar-refractivity contribution is -0.384.